The number of nitrogens with zero attached hydrogens (tertiary/aromatic N) is 2. The maximum atomic E-state index is 11.9. The van der Waals surface area contributed by atoms with Crippen molar-refractivity contribution in [1.82, 2.24) is 10.2 Å². The Morgan fingerprint density at radius 1 is 1.37 bits per heavy atom. The van der Waals surface area contributed by atoms with Crippen molar-refractivity contribution < 1.29 is 14.6 Å². The number of amides is 1. The molecule has 1 heterocycles. The summed E-state index contributed by atoms with van der Waals surface area (Å²) in [4.78, 5) is 16.1. The molecule has 8 nitrogen and oxygen atoms in total. The Morgan fingerprint density at radius 3 is 2.85 bits per heavy atom. The lowest BCUT2D eigenvalue weighted by Crippen LogP contribution is -2.12. The van der Waals surface area contributed by atoms with Crippen LogP contribution in [0.1, 0.15) is 15.9 Å². The number of aromatic hydroxyl groups is 1. The second-order valence-corrected chi connectivity index (χ2v) is 5.89. The van der Waals surface area contributed by atoms with Gasteiger partial charge in [-0.05, 0) is 30.3 Å². The second-order valence-electron chi connectivity index (χ2n) is 5.45. The van der Waals surface area contributed by atoms with Crippen molar-refractivity contribution >= 4 is 41.0 Å². The predicted octanol–water partition coefficient (Wildman–Crippen LogP) is 3.37. The molecule has 0 saturated heterocycles. The third kappa shape index (κ3) is 4.01. The standard InChI is InChI=1S/C18H16ClN5O3/c1-27-13-7-2-4-10(15(13)25)9-21-17-14(16(20)26)18(24-23-17)22-12-6-3-5-11(19)8-12/h2-9,25H,1H3,(H2,20,26)(H2,22,23,24). The molecule has 5 N–H and O–H groups in total. The molecule has 0 aliphatic rings. The van der Waals surface area contributed by atoms with Gasteiger partial charge >= 0.3 is 0 Å². The van der Waals surface area contributed by atoms with Crippen LogP contribution in [-0.4, -0.2) is 34.5 Å². The number of benzene rings is 2. The Morgan fingerprint density at radius 2 is 2.15 bits per heavy atom. The molecule has 0 spiro atoms. The van der Waals surface area contributed by atoms with E-state index in [1.807, 2.05) is 0 Å². The molecule has 0 bridgehead atoms. The average molecular weight is 386 g/mol. The number of rotatable bonds is 6. The quantitative estimate of drug-likeness (QED) is 0.484. The van der Waals surface area contributed by atoms with E-state index in [2.05, 4.69) is 20.5 Å². The van der Waals surface area contributed by atoms with E-state index in [0.29, 0.717) is 22.0 Å². The number of para-hydroxylation sites is 1. The molecule has 27 heavy (non-hydrogen) atoms. The maximum absolute atomic E-state index is 11.9. The number of methoxy groups -OCH3 is 1. The summed E-state index contributed by atoms with van der Waals surface area (Å²) >= 11 is 5.96. The van der Waals surface area contributed by atoms with E-state index >= 15 is 0 Å². The van der Waals surface area contributed by atoms with Gasteiger partial charge in [-0.1, -0.05) is 23.7 Å². The minimum Gasteiger partial charge on any atom is -0.504 e. The normalized spacial score (nSPS) is 10.9. The fourth-order valence-electron chi connectivity index (χ4n) is 2.40. The SMILES string of the molecule is COc1cccc(C=Nc2n[nH]c(Nc3cccc(Cl)c3)c2C(N)=O)c1O. The van der Waals surface area contributed by atoms with Crippen molar-refractivity contribution in [3.63, 3.8) is 0 Å². The number of H-pyrrole nitrogens is 1. The van der Waals surface area contributed by atoms with Crippen molar-refractivity contribution in [2.45, 2.75) is 0 Å². The summed E-state index contributed by atoms with van der Waals surface area (Å²) in [6.45, 7) is 0. The number of aromatic amines is 1. The zero-order valence-electron chi connectivity index (χ0n) is 14.2. The van der Waals surface area contributed by atoms with E-state index in [-0.39, 0.29) is 22.9 Å². The van der Waals surface area contributed by atoms with Gasteiger partial charge in [0.15, 0.2) is 17.3 Å². The van der Waals surface area contributed by atoms with Gasteiger partial charge in [-0.15, -0.1) is 0 Å². The number of nitrogens with two attached hydrogens (primary N) is 1. The summed E-state index contributed by atoms with van der Waals surface area (Å²) in [7, 11) is 1.45. The molecular formula is C18H16ClN5O3. The Hall–Kier alpha value is -3.52. The van der Waals surface area contributed by atoms with E-state index < -0.39 is 5.91 Å². The number of primary amides is 1. The van der Waals surface area contributed by atoms with Gasteiger partial charge in [-0.3, -0.25) is 9.89 Å². The summed E-state index contributed by atoms with van der Waals surface area (Å²) in [5.74, 6) is -0.118. The number of carbonyl (C=O) groups is 1. The molecule has 0 aliphatic heterocycles. The second kappa shape index (κ2) is 7.79. The third-order valence-corrected chi connectivity index (χ3v) is 3.90. The van der Waals surface area contributed by atoms with E-state index in [4.69, 9.17) is 22.1 Å². The minimum atomic E-state index is -0.713. The molecule has 1 amide bonds. The maximum Gasteiger partial charge on any atom is 0.256 e. The van der Waals surface area contributed by atoms with E-state index in [1.165, 1.54) is 13.3 Å². The molecule has 0 unspecified atom stereocenters. The number of ether oxygens (including phenoxy) is 1. The highest BCUT2D eigenvalue weighted by Gasteiger charge is 2.18. The van der Waals surface area contributed by atoms with Crippen LogP contribution in [0.25, 0.3) is 0 Å². The van der Waals surface area contributed by atoms with Gasteiger partial charge in [0, 0.05) is 22.5 Å². The van der Waals surface area contributed by atoms with Crippen molar-refractivity contribution in [2.24, 2.45) is 10.7 Å². The Balaban J connectivity index is 1.93. The first-order valence-corrected chi connectivity index (χ1v) is 8.18. The van der Waals surface area contributed by atoms with Gasteiger partial charge in [0.2, 0.25) is 0 Å². The monoisotopic (exact) mass is 385 g/mol. The van der Waals surface area contributed by atoms with Crippen LogP contribution in [0.2, 0.25) is 5.02 Å². The molecule has 0 radical (unpaired) electrons. The number of hydrogen-bond acceptors (Lipinski definition) is 6. The molecule has 2 aromatic carbocycles. The number of phenolic OH excluding ortho intramolecular Hbond substituents is 1. The van der Waals surface area contributed by atoms with Crippen LogP contribution in [0.5, 0.6) is 11.5 Å². The summed E-state index contributed by atoms with van der Waals surface area (Å²) < 4.78 is 5.05. The van der Waals surface area contributed by atoms with Gasteiger partial charge in [-0.25, -0.2) is 4.99 Å². The van der Waals surface area contributed by atoms with Crippen LogP contribution in [0.15, 0.2) is 47.5 Å². The molecule has 0 fully saturated rings. The number of phenols is 1. The molecule has 138 valence electrons. The summed E-state index contributed by atoms with van der Waals surface area (Å²) in [6, 6.07) is 11.9. The highest BCUT2D eigenvalue weighted by atomic mass is 35.5. The predicted molar refractivity (Wildman–Crippen MR) is 104 cm³/mol. The Kier molecular flexibility index (Phi) is 5.28. The number of nitrogens with one attached hydrogen (secondary N) is 2. The first-order chi connectivity index (χ1) is 13.0. The van der Waals surface area contributed by atoms with Crippen LogP contribution < -0.4 is 15.8 Å². The zero-order chi connectivity index (χ0) is 19.4. The largest absolute Gasteiger partial charge is 0.504 e. The molecule has 0 saturated carbocycles. The molecule has 0 aliphatic carbocycles. The first-order valence-electron chi connectivity index (χ1n) is 7.80. The molecular weight excluding hydrogens is 370 g/mol. The van der Waals surface area contributed by atoms with Crippen molar-refractivity contribution in [3.8, 4) is 11.5 Å². The number of halogens is 1. The highest BCUT2D eigenvalue weighted by molar-refractivity contribution is 6.30. The molecule has 1 aromatic heterocycles. The van der Waals surface area contributed by atoms with Crippen molar-refractivity contribution in [3.05, 3.63) is 58.6 Å². The minimum absolute atomic E-state index is 0.0720. The van der Waals surface area contributed by atoms with Gasteiger partial charge in [0.1, 0.15) is 11.4 Å². The first kappa shape index (κ1) is 18.3. The molecule has 3 rings (SSSR count). The topological polar surface area (TPSA) is 126 Å². The van der Waals surface area contributed by atoms with Gasteiger partial charge in [0.25, 0.3) is 5.91 Å². The fourth-order valence-corrected chi connectivity index (χ4v) is 2.59. The van der Waals surface area contributed by atoms with Gasteiger partial charge in [-0.2, -0.15) is 5.10 Å². The van der Waals surface area contributed by atoms with Crippen LogP contribution >= 0.6 is 11.6 Å². The van der Waals surface area contributed by atoms with Crippen molar-refractivity contribution in [2.75, 3.05) is 12.4 Å². The average Bonchev–Trinajstić information content (AvgIpc) is 3.03. The smallest absolute Gasteiger partial charge is 0.256 e. The number of anilines is 2. The zero-order valence-corrected chi connectivity index (χ0v) is 15.0. The summed E-state index contributed by atoms with van der Waals surface area (Å²) in [5.41, 5.74) is 6.60. The van der Waals surface area contributed by atoms with Crippen LogP contribution in [-0.2, 0) is 0 Å². The number of carbonyl (C=O) groups excluding carboxylic acids is 1. The lowest BCUT2D eigenvalue weighted by atomic mass is 10.2. The van der Waals surface area contributed by atoms with E-state index in [0.717, 1.165) is 0 Å². The number of aliphatic imine (C=N–C) groups is 1. The third-order valence-electron chi connectivity index (χ3n) is 3.66. The summed E-state index contributed by atoms with van der Waals surface area (Å²) in [5, 5.41) is 20.3. The number of hydrogen-bond donors (Lipinski definition) is 4. The van der Waals surface area contributed by atoms with E-state index in [9.17, 15) is 9.90 Å². The highest BCUT2D eigenvalue weighted by Crippen LogP contribution is 2.30. The van der Waals surface area contributed by atoms with Crippen molar-refractivity contribution in [1.29, 1.82) is 0 Å². The molecule has 3 aromatic rings. The molecule has 9 heteroatoms. The Labute approximate surface area is 159 Å². The lowest BCUT2D eigenvalue weighted by molar-refractivity contribution is 0.100. The van der Waals surface area contributed by atoms with Gasteiger partial charge in [0.05, 0.1) is 7.11 Å². The van der Waals surface area contributed by atoms with Gasteiger partial charge < -0.3 is 20.9 Å². The summed E-state index contributed by atoms with van der Waals surface area (Å²) in [6.07, 6.45) is 1.36. The molecule has 0 atom stereocenters. The van der Waals surface area contributed by atoms with Crippen LogP contribution in [0, 0.1) is 0 Å². The van der Waals surface area contributed by atoms with E-state index in [1.54, 1.807) is 42.5 Å². The fraction of sp³-hybridized carbons (Fsp3) is 0.0556. The number of aromatic nitrogens is 2. The van der Waals surface area contributed by atoms with Crippen LogP contribution in [0.4, 0.5) is 17.3 Å². The Bertz CT molecular complexity index is 1020. The lowest BCUT2D eigenvalue weighted by Gasteiger charge is -2.06. The van der Waals surface area contributed by atoms with Crippen LogP contribution in [0.3, 0.4) is 0 Å².